The van der Waals surface area contributed by atoms with Gasteiger partial charge in [0.2, 0.25) is 0 Å². The lowest BCUT2D eigenvalue weighted by Gasteiger charge is -2.39. The average Bonchev–Trinajstić information content (AvgIpc) is 2.99. The van der Waals surface area contributed by atoms with Gasteiger partial charge in [0.05, 0.1) is 0 Å². The van der Waals surface area contributed by atoms with Gasteiger partial charge in [-0.05, 0) is 62.1 Å². The lowest BCUT2D eigenvalue weighted by molar-refractivity contribution is 0.110. The quantitative estimate of drug-likeness (QED) is 0.858. The average molecular weight is 292 g/mol. The van der Waals surface area contributed by atoms with Crippen LogP contribution in [0, 0.1) is 0 Å². The number of piperidine rings is 1. The van der Waals surface area contributed by atoms with Gasteiger partial charge in [0.1, 0.15) is 0 Å². The Morgan fingerprint density at radius 2 is 2.00 bits per heavy atom. The van der Waals surface area contributed by atoms with Gasteiger partial charge in [0.15, 0.2) is 0 Å². The van der Waals surface area contributed by atoms with Crippen molar-refractivity contribution in [2.24, 2.45) is 0 Å². The normalized spacial score (nSPS) is 30.0. The highest BCUT2D eigenvalue weighted by Crippen LogP contribution is 2.37. The van der Waals surface area contributed by atoms with Gasteiger partial charge in [0, 0.05) is 29.5 Å². The molecule has 3 rings (SSSR count). The fourth-order valence-corrected chi connectivity index (χ4v) is 5.02. The second kappa shape index (κ2) is 6.59. The first-order valence-corrected chi connectivity index (χ1v) is 9.24. The molecule has 2 bridgehead atoms. The summed E-state index contributed by atoms with van der Waals surface area (Å²) in [5, 5.41) is 6.02. The van der Waals surface area contributed by atoms with Crippen LogP contribution in [0.1, 0.15) is 56.4 Å². The highest BCUT2D eigenvalue weighted by atomic mass is 32.1. The zero-order valence-corrected chi connectivity index (χ0v) is 13.7. The molecule has 1 N–H and O–H groups in total. The Bertz CT molecular complexity index is 414. The summed E-state index contributed by atoms with van der Waals surface area (Å²) in [6.07, 6.45) is 8.00. The van der Waals surface area contributed by atoms with Crippen molar-refractivity contribution in [3.63, 3.8) is 0 Å². The maximum atomic E-state index is 3.75. The Morgan fingerprint density at radius 3 is 2.65 bits per heavy atom. The number of nitrogens with one attached hydrogen (secondary N) is 1. The second-order valence-electron chi connectivity index (χ2n) is 6.40. The number of aryl methyl sites for hydroxylation is 1. The maximum Gasteiger partial charge on any atom is 0.0336 e. The molecule has 2 atom stereocenters. The molecule has 2 unspecified atom stereocenters. The van der Waals surface area contributed by atoms with Crippen molar-refractivity contribution < 1.29 is 0 Å². The molecular weight excluding hydrogens is 264 g/mol. The van der Waals surface area contributed by atoms with Crippen LogP contribution in [0.4, 0.5) is 0 Å². The van der Waals surface area contributed by atoms with Gasteiger partial charge >= 0.3 is 0 Å². The number of fused-ring (bicyclic) bond motifs is 2. The summed E-state index contributed by atoms with van der Waals surface area (Å²) < 4.78 is 0. The van der Waals surface area contributed by atoms with Gasteiger partial charge < -0.3 is 5.32 Å². The summed E-state index contributed by atoms with van der Waals surface area (Å²) in [6.45, 7) is 6.94. The third kappa shape index (κ3) is 2.95. The molecule has 0 saturated carbocycles. The van der Waals surface area contributed by atoms with Crippen LogP contribution in [-0.4, -0.2) is 29.6 Å². The van der Waals surface area contributed by atoms with Crippen molar-refractivity contribution in [2.45, 2.75) is 77.0 Å². The zero-order valence-electron chi connectivity index (χ0n) is 12.9. The van der Waals surface area contributed by atoms with Gasteiger partial charge in [-0.3, -0.25) is 4.90 Å². The Labute approximate surface area is 127 Å². The fourth-order valence-electron chi connectivity index (χ4n) is 4.03. The van der Waals surface area contributed by atoms with E-state index >= 15 is 0 Å². The van der Waals surface area contributed by atoms with Gasteiger partial charge in [0.25, 0.3) is 0 Å². The van der Waals surface area contributed by atoms with E-state index < -0.39 is 0 Å². The monoisotopic (exact) mass is 292 g/mol. The van der Waals surface area contributed by atoms with Gasteiger partial charge in [-0.15, -0.1) is 11.3 Å². The predicted molar refractivity (Wildman–Crippen MR) is 87.4 cm³/mol. The van der Waals surface area contributed by atoms with Crippen LogP contribution in [0.5, 0.6) is 0 Å². The SMILES string of the molecule is CCCNC1CC2CCC(C1)N2Cc1sccc1CC. The molecule has 20 heavy (non-hydrogen) atoms. The first-order chi connectivity index (χ1) is 9.81. The van der Waals surface area contributed by atoms with Crippen molar-refractivity contribution in [1.82, 2.24) is 10.2 Å². The van der Waals surface area contributed by atoms with E-state index in [1.54, 1.807) is 10.4 Å². The number of hydrogen-bond donors (Lipinski definition) is 1. The summed E-state index contributed by atoms with van der Waals surface area (Å²) in [7, 11) is 0. The van der Waals surface area contributed by atoms with E-state index in [1.807, 2.05) is 11.3 Å². The first-order valence-electron chi connectivity index (χ1n) is 8.36. The van der Waals surface area contributed by atoms with E-state index in [-0.39, 0.29) is 0 Å². The van der Waals surface area contributed by atoms with Crippen molar-refractivity contribution in [3.8, 4) is 0 Å². The molecule has 2 nitrogen and oxygen atoms in total. The predicted octanol–water partition coefficient (Wildman–Crippen LogP) is 3.81. The van der Waals surface area contributed by atoms with Crippen LogP contribution in [-0.2, 0) is 13.0 Å². The molecule has 0 spiro atoms. The Kier molecular flexibility index (Phi) is 4.79. The molecule has 0 radical (unpaired) electrons. The topological polar surface area (TPSA) is 15.3 Å². The summed E-state index contributed by atoms with van der Waals surface area (Å²) in [6, 6.07) is 4.75. The summed E-state index contributed by atoms with van der Waals surface area (Å²) in [4.78, 5) is 4.43. The third-order valence-corrected chi connectivity index (χ3v) is 6.06. The minimum atomic E-state index is 0.776. The number of rotatable bonds is 6. The van der Waals surface area contributed by atoms with Gasteiger partial charge in [-0.25, -0.2) is 0 Å². The molecule has 112 valence electrons. The van der Waals surface area contributed by atoms with Crippen LogP contribution in [0.25, 0.3) is 0 Å². The van der Waals surface area contributed by atoms with Crippen molar-refractivity contribution >= 4 is 11.3 Å². The molecule has 1 aromatic rings. The van der Waals surface area contributed by atoms with E-state index in [9.17, 15) is 0 Å². The molecule has 2 fully saturated rings. The summed E-state index contributed by atoms with van der Waals surface area (Å²) in [5.41, 5.74) is 1.57. The molecule has 0 amide bonds. The van der Waals surface area contributed by atoms with E-state index in [1.165, 1.54) is 51.6 Å². The molecule has 0 aliphatic carbocycles. The lowest BCUT2D eigenvalue weighted by atomic mass is 9.97. The molecule has 0 aromatic carbocycles. The largest absolute Gasteiger partial charge is 0.314 e. The van der Waals surface area contributed by atoms with Crippen LogP contribution in [0.2, 0.25) is 0 Å². The van der Waals surface area contributed by atoms with E-state index in [0.29, 0.717) is 0 Å². The van der Waals surface area contributed by atoms with Gasteiger partial charge in [-0.1, -0.05) is 13.8 Å². The van der Waals surface area contributed by atoms with Crippen molar-refractivity contribution in [3.05, 3.63) is 21.9 Å². The molecule has 1 aromatic heterocycles. The minimum absolute atomic E-state index is 0.776. The Morgan fingerprint density at radius 1 is 1.25 bits per heavy atom. The van der Waals surface area contributed by atoms with E-state index in [2.05, 4.69) is 35.5 Å². The summed E-state index contributed by atoms with van der Waals surface area (Å²) in [5.74, 6) is 0. The Hall–Kier alpha value is -0.380. The number of hydrogen-bond acceptors (Lipinski definition) is 3. The number of nitrogens with zero attached hydrogens (tertiary/aromatic N) is 1. The first kappa shape index (κ1) is 14.6. The molecule has 2 aliphatic rings. The highest BCUT2D eigenvalue weighted by Gasteiger charge is 2.40. The maximum absolute atomic E-state index is 3.75. The molecular formula is C17H28N2S. The molecule has 3 heterocycles. The standard InChI is InChI=1S/C17H28N2S/c1-3-8-18-14-10-15-5-6-16(11-14)19(15)12-17-13(4-2)7-9-20-17/h7,9,14-16,18H,3-6,8,10-12H2,1-2H3. The second-order valence-corrected chi connectivity index (χ2v) is 7.40. The fraction of sp³-hybridized carbons (Fsp3) is 0.765. The number of thiophene rings is 1. The van der Waals surface area contributed by atoms with Crippen LogP contribution >= 0.6 is 11.3 Å². The third-order valence-electron chi connectivity index (χ3n) is 5.11. The Balaban J connectivity index is 1.62. The van der Waals surface area contributed by atoms with Crippen molar-refractivity contribution in [1.29, 1.82) is 0 Å². The smallest absolute Gasteiger partial charge is 0.0336 e. The van der Waals surface area contributed by atoms with Crippen LogP contribution < -0.4 is 5.32 Å². The van der Waals surface area contributed by atoms with E-state index in [4.69, 9.17) is 0 Å². The minimum Gasteiger partial charge on any atom is -0.314 e. The molecule has 2 aliphatic heterocycles. The van der Waals surface area contributed by atoms with Gasteiger partial charge in [-0.2, -0.15) is 0 Å². The van der Waals surface area contributed by atoms with Crippen molar-refractivity contribution in [2.75, 3.05) is 6.54 Å². The molecule has 2 saturated heterocycles. The zero-order chi connectivity index (χ0) is 13.9. The lowest BCUT2D eigenvalue weighted by Crippen LogP contribution is -2.48. The summed E-state index contributed by atoms with van der Waals surface area (Å²) >= 11 is 1.96. The van der Waals surface area contributed by atoms with Crippen LogP contribution in [0.3, 0.4) is 0 Å². The highest BCUT2D eigenvalue weighted by molar-refractivity contribution is 7.10. The van der Waals surface area contributed by atoms with E-state index in [0.717, 1.165) is 18.1 Å². The molecule has 3 heteroatoms. The van der Waals surface area contributed by atoms with Crippen LogP contribution in [0.15, 0.2) is 11.4 Å².